The normalized spacial score (nSPS) is 14.7. The second-order valence-corrected chi connectivity index (χ2v) is 8.38. The van der Waals surface area contributed by atoms with E-state index >= 15 is 0 Å². The fourth-order valence-electron chi connectivity index (χ4n) is 2.92. The molecule has 0 radical (unpaired) electrons. The van der Waals surface area contributed by atoms with Gasteiger partial charge in [-0.1, -0.05) is 40.2 Å². The number of carbonyl (C=O) groups excluding carboxylic acids is 2. The van der Waals surface area contributed by atoms with Crippen LogP contribution in [0.1, 0.15) is 50.6 Å². The lowest BCUT2D eigenvalue weighted by atomic mass is 9.99. The molecule has 0 aliphatic carbocycles. The minimum Gasteiger partial charge on any atom is -0.350 e. The van der Waals surface area contributed by atoms with Crippen molar-refractivity contribution in [1.29, 1.82) is 0 Å². The largest absolute Gasteiger partial charge is 0.350 e. The van der Waals surface area contributed by atoms with E-state index in [-0.39, 0.29) is 17.9 Å². The molecule has 1 heterocycles. The number of aromatic nitrogens is 1. The number of nitrogens with zero attached hydrogens (tertiary/aromatic N) is 1. The topological polar surface area (TPSA) is 97.1 Å². The lowest BCUT2D eigenvalue weighted by Gasteiger charge is -2.25. The molecule has 27 heavy (non-hydrogen) atoms. The second kappa shape index (κ2) is 9.80. The Morgan fingerprint density at radius 1 is 1.33 bits per heavy atom. The van der Waals surface area contributed by atoms with E-state index in [4.69, 9.17) is 5.73 Å². The van der Waals surface area contributed by atoms with Gasteiger partial charge in [0.25, 0.3) is 0 Å². The maximum atomic E-state index is 12.7. The third-order valence-electron chi connectivity index (χ3n) is 5.00. The molecule has 7 heteroatoms. The molecule has 0 spiro atoms. The van der Waals surface area contributed by atoms with E-state index in [1.54, 1.807) is 11.3 Å². The molecule has 1 aromatic heterocycles. The molecular formula is C20H30N4O2S. The number of amides is 2. The van der Waals surface area contributed by atoms with Crippen molar-refractivity contribution in [3.63, 3.8) is 0 Å². The van der Waals surface area contributed by atoms with Crippen LogP contribution in [-0.4, -0.2) is 35.9 Å². The molecule has 0 unspecified atom stereocenters. The van der Waals surface area contributed by atoms with Crippen LogP contribution >= 0.6 is 11.3 Å². The predicted octanol–water partition coefficient (Wildman–Crippen LogP) is 2.57. The van der Waals surface area contributed by atoms with Crippen molar-refractivity contribution in [3.8, 4) is 0 Å². The van der Waals surface area contributed by atoms with Crippen molar-refractivity contribution in [1.82, 2.24) is 15.6 Å². The Kier molecular flexibility index (Phi) is 7.74. The average molecular weight is 391 g/mol. The lowest BCUT2D eigenvalue weighted by Crippen LogP contribution is -2.52. The number of nitrogens with one attached hydrogen (secondary N) is 2. The Morgan fingerprint density at radius 2 is 2.07 bits per heavy atom. The molecule has 0 aliphatic heterocycles. The molecule has 0 fully saturated rings. The second-order valence-electron chi connectivity index (χ2n) is 7.27. The third-order valence-corrected chi connectivity index (χ3v) is 6.04. The summed E-state index contributed by atoms with van der Waals surface area (Å²) in [6, 6.07) is 5.48. The monoisotopic (exact) mass is 390 g/mol. The van der Waals surface area contributed by atoms with E-state index < -0.39 is 6.04 Å². The molecule has 2 amide bonds. The van der Waals surface area contributed by atoms with Gasteiger partial charge < -0.3 is 16.4 Å². The molecule has 0 bridgehead atoms. The Hall–Kier alpha value is -1.99. The summed E-state index contributed by atoms with van der Waals surface area (Å²) < 4.78 is 1.10. The van der Waals surface area contributed by atoms with E-state index in [0.29, 0.717) is 25.3 Å². The van der Waals surface area contributed by atoms with Gasteiger partial charge in [-0.15, -0.1) is 11.3 Å². The first-order valence-corrected chi connectivity index (χ1v) is 10.3. The number of rotatable bonds is 10. The van der Waals surface area contributed by atoms with E-state index in [2.05, 4.69) is 55.4 Å². The van der Waals surface area contributed by atoms with Gasteiger partial charge in [0, 0.05) is 19.0 Å². The van der Waals surface area contributed by atoms with Crippen molar-refractivity contribution in [2.24, 2.45) is 11.7 Å². The fraction of sp³-hybridized carbons (Fsp3) is 0.550. The van der Waals surface area contributed by atoms with Gasteiger partial charge in [0.1, 0.15) is 6.04 Å². The van der Waals surface area contributed by atoms with Crippen LogP contribution in [0.25, 0.3) is 10.2 Å². The highest BCUT2D eigenvalue weighted by atomic mass is 32.1. The summed E-state index contributed by atoms with van der Waals surface area (Å²) in [5.74, 6) is 0.497. The summed E-state index contributed by atoms with van der Waals surface area (Å²) in [5, 5.41) is 6.42. The molecule has 0 saturated carbocycles. The lowest BCUT2D eigenvalue weighted by molar-refractivity contribution is -0.126. The number of hydrogen-bond acceptors (Lipinski definition) is 5. The molecule has 0 saturated heterocycles. The third kappa shape index (κ3) is 5.49. The number of benzene rings is 1. The fourth-order valence-corrected chi connectivity index (χ4v) is 3.98. The summed E-state index contributed by atoms with van der Waals surface area (Å²) in [6.45, 7) is 8.80. The molecule has 6 nitrogen and oxygen atoms in total. The van der Waals surface area contributed by atoms with E-state index in [9.17, 15) is 9.59 Å². The minimum absolute atomic E-state index is 0.109. The zero-order valence-corrected chi connectivity index (χ0v) is 17.3. The Morgan fingerprint density at radius 3 is 2.67 bits per heavy atom. The highest BCUT2D eigenvalue weighted by molar-refractivity contribution is 7.18. The Balaban J connectivity index is 2.16. The highest BCUT2D eigenvalue weighted by Crippen LogP contribution is 2.27. The SMILES string of the molecule is CC[C@H](C)[C@@H](CN)NC(=O)[C@H](Cc1nc2ccc(C(C)C)cc2s1)NC=O. The molecular weight excluding hydrogens is 360 g/mol. The van der Waals surface area contributed by atoms with Crippen molar-refractivity contribution < 1.29 is 9.59 Å². The number of fused-ring (bicyclic) bond motifs is 1. The molecule has 3 atom stereocenters. The van der Waals surface area contributed by atoms with Crippen LogP contribution in [0.15, 0.2) is 18.2 Å². The average Bonchev–Trinajstić information content (AvgIpc) is 3.06. The van der Waals surface area contributed by atoms with Crippen LogP contribution < -0.4 is 16.4 Å². The first kappa shape index (κ1) is 21.3. The molecule has 2 aromatic rings. The molecule has 148 valence electrons. The van der Waals surface area contributed by atoms with Crippen LogP contribution in [0, 0.1) is 5.92 Å². The first-order chi connectivity index (χ1) is 12.9. The summed E-state index contributed by atoms with van der Waals surface area (Å²) >= 11 is 1.56. The Labute approximate surface area is 164 Å². The minimum atomic E-state index is -0.661. The summed E-state index contributed by atoms with van der Waals surface area (Å²) in [4.78, 5) is 28.3. The van der Waals surface area contributed by atoms with Gasteiger partial charge in [0.15, 0.2) is 0 Å². The van der Waals surface area contributed by atoms with Gasteiger partial charge >= 0.3 is 0 Å². The van der Waals surface area contributed by atoms with Crippen LogP contribution in [0.3, 0.4) is 0 Å². The van der Waals surface area contributed by atoms with Crippen LogP contribution in [0.5, 0.6) is 0 Å². The predicted molar refractivity (Wildman–Crippen MR) is 111 cm³/mol. The van der Waals surface area contributed by atoms with Crippen molar-refractivity contribution in [2.45, 2.75) is 58.5 Å². The van der Waals surface area contributed by atoms with Gasteiger partial charge in [0.05, 0.1) is 15.2 Å². The number of carbonyl (C=O) groups is 2. The zero-order valence-electron chi connectivity index (χ0n) is 16.5. The van der Waals surface area contributed by atoms with Crippen LogP contribution in [0.2, 0.25) is 0 Å². The highest BCUT2D eigenvalue weighted by Gasteiger charge is 2.24. The van der Waals surface area contributed by atoms with Gasteiger partial charge in [-0.25, -0.2) is 4.98 Å². The molecule has 1 aromatic carbocycles. The smallest absolute Gasteiger partial charge is 0.243 e. The Bertz CT molecular complexity index is 774. The van der Waals surface area contributed by atoms with Crippen LogP contribution in [0.4, 0.5) is 0 Å². The maximum absolute atomic E-state index is 12.7. The van der Waals surface area contributed by atoms with Crippen molar-refractivity contribution in [2.75, 3.05) is 6.54 Å². The summed E-state index contributed by atoms with van der Waals surface area (Å²) in [6.07, 6.45) is 1.85. The summed E-state index contributed by atoms with van der Waals surface area (Å²) in [7, 11) is 0. The van der Waals surface area contributed by atoms with Gasteiger partial charge in [-0.3, -0.25) is 9.59 Å². The standard InChI is InChI=1S/C20H30N4O2S/c1-5-13(4)17(10-21)24-20(26)16(22-11-25)9-19-23-15-7-6-14(12(2)3)8-18(15)27-19/h6-8,11-13,16-17H,5,9-10,21H2,1-4H3,(H,22,25)(H,24,26)/t13-,16-,17+/m0/s1. The first-order valence-electron chi connectivity index (χ1n) is 9.49. The maximum Gasteiger partial charge on any atom is 0.243 e. The van der Waals surface area contributed by atoms with Gasteiger partial charge in [-0.05, 0) is 29.5 Å². The quantitative estimate of drug-likeness (QED) is 0.543. The zero-order chi connectivity index (χ0) is 20.0. The van der Waals surface area contributed by atoms with Gasteiger partial charge in [-0.2, -0.15) is 0 Å². The van der Waals surface area contributed by atoms with Crippen molar-refractivity contribution in [3.05, 3.63) is 28.8 Å². The van der Waals surface area contributed by atoms with E-state index in [0.717, 1.165) is 21.6 Å². The number of thiazole rings is 1. The van der Waals surface area contributed by atoms with Gasteiger partial charge in [0.2, 0.25) is 12.3 Å². The van der Waals surface area contributed by atoms with Crippen LogP contribution in [-0.2, 0) is 16.0 Å². The number of hydrogen-bond donors (Lipinski definition) is 3. The molecule has 0 aliphatic rings. The molecule has 4 N–H and O–H groups in total. The van der Waals surface area contributed by atoms with E-state index in [1.807, 2.05) is 6.07 Å². The van der Waals surface area contributed by atoms with Crippen molar-refractivity contribution >= 4 is 33.9 Å². The molecule has 2 rings (SSSR count). The summed E-state index contributed by atoms with van der Waals surface area (Å²) in [5.41, 5.74) is 7.98. The van der Waals surface area contributed by atoms with E-state index in [1.165, 1.54) is 5.56 Å². The number of nitrogens with two attached hydrogens (primary N) is 1.